The van der Waals surface area contributed by atoms with Crippen LogP contribution in [0.4, 0.5) is 0 Å². The van der Waals surface area contributed by atoms with Crippen molar-refractivity contribution in [1.82, 2.24) is 0 Å². The Hall–Kier alpha value is -4.14. The molecule has 0 radical (unpaired) electrons. The number of carbonyl (C=O) groups is 4. The molecular weight excluding hydrogens is 396 g/mol. The first-order chi connectivity index (χ1) is 14.0. The highest BCUT2D eigenvalue weighted by molar-refractivity contribution is 6.26. The summed E-state index contributed by atoms with van der Waals surface area (Å²) in [6.07, 6.45) is 5.41. The van der Waals surface area contributed by atoms with Crippen LogP contribution in [0.2, 0.25) is 0 Å². The Kier molecular flexibility index (Phi) is 5.05. The lowest BCUT2D eigenvalue weighted by Crippen LogP contribution is -2.50. The molecule has 9 heteroatoms. The zero-order valence-electron chi connectivity index (χ0n) is 15.8. The van der Waals surface area contributed by atoms with Gasteiger partial charge in [0.2, 0.25) is 17.2 Å². The Morgan fingerprint density at radius 3 is 2.50 bits per heavy atom. The minimum Gasteiger partial charge on any atom is -0.508 e. The predicted octanol–water partition coefficient (Wildman–Crippen LogP) is 1.84. The number of aryl methyl sites for hydroxylation is 1. The second-order valence-electron chi connectivity index (χ2n) is 6.74. The SMILES string of the molecule is Cc1cc(O)cc(O)c1C(=O)O[C@@]1(C)C(=O)C=C2C=C(C=CC(=O)O)OC=C2C1=O. The first-order valence-electron chi connectivity index (χ1n) is 8.59. The lowest BCUT2D eigenvalue weighted by Gasteiger charge is -2.31. The lowest BCUT2D eigenvalue weighted by molar-refractivity contribution is -0.145. The van der Waals surface area contributed by atoms with Crippen molar-refractivity contribution in [3.63, 3.8) is 0 Å². The summed E-state index contributed by atoms with van der Waals surface area (Å²) in [5, 5.41) is 28.1. The molecule has 0 spiro atoms. The molecule has 0 bridgehead atoms. The maximum Gasteiger partial charge on any atom is 0.343 e. The molecule has 0 unspecified atom stereocenters. The lowest BCUT2D eigenvalue weighted by atomic mass is 9.80. The highest BCUT2D eigenvalue weighted by Crippen LogP contribution is 2.35. The van der Waals surface area contributed by atoms with Gasteiger partial charge in [-0.15, -0.1) is 0 Å². The number of carbonyl (C=O) groups excluding carboxylic acids is 3. The van der Waals surface area contributed by atoms with Crippen LogP contribution in [-0.4, -0.2) is 44.4 Å². The summed E-state index contributed by atoms with van der Waals surface area (Å²) in [6, 6.07) is 2.15. The first kappa shape index (κ1) is 20.6. The number of benzene rings is 1. The Morgan fingerprint density at radius 1 is 1.17 bits per heavy atom. The largest absolute Gasteiger partial charge is 0.508 e. The molecule has 1 heterocycles. The van der Waals surface area contributed by atoms with Gasteiger partial charge >= 0.3 is 11.9 Å². The van der Waals surface area contributed by atoms with Crippen LogP contribution in [-0.2, 0) is 23.9 Å². The van der Waals surface area contributed by atoms with E-state index in [0.29, 0.717) is 0 Å². The fourth-order valence-corrected chi connectivity index (χ4v) is 3.00. The molecule has 1 aliphatic carbocycles. The van der Waals surface area contributed by atoms with Gasteiger partial charge in [0.05, 0.1) is 5.57 Å². The summed E-state index contributed by atoms with van der Waals surface area (Å²) in [6.45, 7) is 2.56. The molecule has 30 heavy (non-hydrogen) atoms. The molecule has 0 saturated heterocycles. The molecular formula is C21H16O9. The molecule has 1 aliphatic heterocycles. The van der Waals surface area contributed by atoms with Crippen molar-refractivity contribution in [3.05, 3.63) is 70.7 Å². The standard InChI is InChI=1S/C21H16O9/c1-10-5-12(22)8-15(23)18(10)20(28)30-21(2)16(24)7-11-6-13(3-4-17(25)26)29-9-14(11)19(21)27/h3-9,22-23H,1-2H3,(H,25,26)/t21-/m0/s1. The molecule has 9 nitrogen and oxygen atoms in total. The average Bonchev–Trinajstić information content (AvgIpc) is 2.64. The molecule has 0 amide bonds. The number of fused-ring (bicyclic) bond motifs is 1. The molecule has 2 aliphatic rings. The van der Waals surface area contributed by atoms with Crippen molar-refractivity contribution >= 4 is 23.5 Å². The third-order valence-corrected chi connectivity index (χ3v) is 4.55. The van der Waals surface area contributed by atoms with E-state index in [1.165, 1.54) is 19.1 Å². The normalized spacial score (nSPS) is 20.7. The molecule has 1 atom stereocenters. The molecule has 1 aromatic carbocycles. The summed E-state index contributed by atoms with van der Waals surface area (Å²) in [5.74, 6) is -4.72. The van der Waals surface area contributed by atoms with Crippen LogP contribution >= 0.6 is 0 Å². The van der Waals surface area contributed by atoms with Crippen LogP contribution in [0.3, 0.4) is 0 Å². The van der Waals surface area contributed by atoms with E-state index in [1.807, 2.05) is 0 Å². The van der Waals surface area contributed by atoms with E-state index in [9.17, 15) is 29.4 Å². The van der Waals surface area contributed by atoms with Gasteiger partial charge in [0, 0.05) is 12.1 Å². The highest BCUT2D eigenvalue weighted by atomic mass is 16.6. The summed E-state index contributed by atoms with van der Waals surface area (Å²) in [7, 11) is 0. The van der Waals surface area contributed by atoms with Gasteiger partial charge in [-0.05, 0) is 49.3 Å². The number of phenols is 2. The van der Waals surface area contributed by atoms with Gasteiger partial charge < -0.3 is 24.8 Å². The van der Waals surface area contributed by atoms with Gasteiger partial charge in [0.15, 0.2) is 0 Å². The van der Waals surface area contributed by atoms with E-state index in [4.69, 9.17) is 14.6 Å². The Morgan fingerprint density at radius 2 is 1.87 bits per heavy atom. The third-order valence-electron chi connectivity index (χ3n) is 4.55. The summed E-state index contributed by atoms with van der Waals surface area (Å²) >= 11 is 0. The number of aliphatic carboxylic acids is 1. The van der Waals surface area contributed by atoms with E-state index < -0.39 is 34.9 Å². The van der Waals surface area contributed by atoms with Crippen molar-refractivity contribution in [2.45, 2.75) is 19.4 Å². The Bertz CT molecular complexity index is 1090. The number of carboxylic acid groups (broad SMARTS) is 1. The fourth-order valence-electron chi connectivity index (χ4n) is 3.00. The number of hydrogen-bond acceptors (Lipinski definition) is 8. The maximum atomic E-state index is 12.9. The van der Waals surface area contributed by atoms with E-state index >= 15 is 0 Å². The summed E-state index contributed by atoms with van der Waals surface area (Å²) < 4.78 is 10.4. The molecule has 3 N–H and O–H groups in total. The topological polar surface area (TPSA) is 147 Å². The number of aromatic hydroxyl groups is 2. The van der Waals surface area contributed by atoms with Gasteiger partial charge in [-0.3, -0.25) is 9.59 Å². The van der Waals surface area contributed by atoms with Crippen LogP contribution in [0.15, 0.2) is 59.6 Å². The minimum absolute atomic E-state index is 0.0379. The molecule has 3 rings (SSSR count). The number of esters is 1. The second kappa shape index (κ2) is 7.36. The average molecular weight is 412 g/mol. The Balaban J connectivity index is 1.93. The molecule has 154 valence electrons. The van der Waals surface area contributed by atoms with Gasteiger partial charge in [0.1, 0.15) is 29.1 Å². The summed E-state index contributed by atoms with van der Waals surface area (Å²) in [5.41, 5.74) is -2.16. The molecule has 0 aromatic heterocycles. The number of Topliss-reactive ketones (excluding diaryl/α,β-unsaturated/α-hetero) is 1. The predicted molar refractivity (Wildman–Crippen MR) is 100 cm³/mol. The van der Waals surface area contributed by atoms with Gasteiger partial charge in [-0.1, -0.05) is 0 Å². The van der Waals surface area contributed by atoms with E-state index in [0.717, 1.165) is 37.5 Å². The Labute approximate surface area is 169 Å². The van der Waals surface area contributed by atoms with Crippen molar-refractivity contribution in [2.75, 3.05) is 0 Å². The van der Waals surface area contributed by atoms with Crippen molar-refractivity contribution in [3.8, 4) is 11.5 Å². The minimum atomic E-state index is -2.20. The molecule has 0 saturated carbocycles. The van der Waals surface area contributed by atoms with Gasteiger partial charge in [-0.25, -0.2) is 9.59 Å². The third kappa shape index (κ3) is 3.60. The van der Waals surface area contributed by atoms with Crippen molar-refractivity contribution < 1.29 is 44.0 Å². The van der Waals surface area contributed by atoms with E-state index in [-0.39, 0.29) is 33.8 Å². The number of carboxylic acids is 1. The van der Waals surface area contributed by atoms with E-state index in [2.05, 4.69) is 0 Å². The molecule has 0 fully saturated rings. The number of ketones is 2. The van der Waals surface area contributed by atoms with Crippen LogP contribution in [0.1, 0.15) is 22.8 Å². The first-order valence-corrected chi connectivity index (χ1v) is 8.59. The van der Waals surface area contributed by atoms with Crippen molar-refractivity contribution in [1.29, 1.82) is 0 Å². The highest BCUT2D eigenvalue weighted by Gasteiger charge is 2.49. The van der Waals surface area contributed by atoms with Crippen LogP contribution in [0, 0.1) is 6.92 Å². The molecule has 1 aromatic rings. The number of ether oxygens (including phenoxy) is 2. The quantitative estimate of drug-likeness (QED) is 0.383. The maximum absolute atomic E-state index is 12.9. The van der Waals surface area contributed by atoms with Crippen LogP contribution in [0.5, 0.6) is 11.5 Å². The smallest absolute Gasteiger partial charge is 0.343 e. The van der Waals surface area contributed by atoms with Crippen LogP contribution < -0.4 is 0 Å². The van der Waals surface area contributed by atoms with Gasteiger partial charge in [0.25, 0.3) is 0 Å². The zero-order chi connectivity index (χ0) is 22.2. The number of phenolic OH excluding ortho intramolecular Hbond substituents is 2. The number of hydrogen-bond donors (Lipinski definition) is 3. The fraction of sp³-hybridized carbons (Fsp3) is 0.143. The van der Waals surface area contributed by atoms with Gasteiger partial charge in [-0.2, -0.15) is 0 Å². The second-order valence-corrected chi connectivity index (χ2v) is 6.74. The zero-order valence-corrected chi connectivity index (χ0v) is 15.8. The van der Waals surface area contributed by atoms with E-state index in [1.54, 1.807) is 0 Å². The number of allylic oxidation sites excluding steroid dienone is 3. The summed E-state index contributed by atoms with van der Waals surface area (Å²) in [4.78, 5) is 48.8. The number of rotatable bonds is 4. The van der Waals surface area contributed by atoms with Crippen LogP contribution in [0.25, 0.3) is 0 Å². The monoisotopic (exact) mass is 412 g/mol. The van der Waals surface area contributed by atoms with Crippen molar-refractivity contribution in [2.24, 2.45) is 0 Å².